The zero-order chi connectivity index (χ0) is 7.14. The molecule has 4 heteroatoms. The van der Waals surface area contributed by atoms with Crippen LogP contribution in [0.4, 0.5) is 0 Å². The molecule has 0 atom stereocenters. The Bertz CT molecular complexity index is 269. The summed E-state index contributed by atoms with van der Waals surface area (Å²) in [5.41, 5.74) is 0.722. The summed E-state index contributed by atoms with van der Waals surface area (Å²) < 4.78 is 6.87. The molecule has 0 amide bonds. The first kappa shape index (κ1) is 6.09. The lowest BCUT2D eigenvalue weighted by molar-refractivity contribution is -0.687. The minimum Gasteiger partial charge on any atom is -0.540 e. The zero-order valence-corrected chi connectivity index (χ0v) is 6.40. The minimum atomic E-state index is -0.185. The SMILES string of the molecule is Cc1c([O-])oc2[n+]1CSC2. The Hall–Kier alpha value is -0.640. The molecule has 54 valence electrons. The maximum Gasteiger partial charge on any atom is 0.247 e. The highest BCUT2D eigenvalue weighted by Crippen LogP contribution is 2.22. The third-order valence-corrected chi connectivity index (χ3v) is 2.55. The Morgan fingerprint density at radius 3 is 3.20 bits per heavy atom. The van der Waals surface area contributed by atoms with Crippen LogP contribution in [0.25, 0.3) is 0 Å². The van der Waals surface area contributed by atoms with E-state index in [2.05, 4.69) is 0 Å². The zero-order valence-electron chi connectivity index (χ0n) is 5.59. The molecule has 1 aromatic heterocycles. The van der Waals surface area contributed by atoms with Crippen molar-refractivity contribution in [1.29, 1.82) is 0 Å². The van der Waals surface area contributed by atoms with Crippen molar-refractivity contribution in [3.63, 3.8) is 0 Å². The first-order valence-electron chi connectivity index (χ1n) is 3.06. The summed E-state index contributed by atoms with van der Waals surface area (Å²) in [6.07, 6.45) is 0. The van der Waals surface area contributed by atoms with E-state index in [9.17, 15) is 5.11 Å². The van der Waals surface area contributed by atoms with Gasteiger partial charge in [0.25, 0.3) is 0 Å². The first-order valence-corrected chi connectivity index (χ1v) is 4.21. The predicted octanol–water partition coefficient (Wildman–Crippen LogP) is 0.153. The minimum absolute atomic E-state index is 0.185. The lowest BCUT2D eigenvalue weighted by Gasteiger charge is -1.89. The molecule has 10 heavy (non-hydrogen) atoms. The molecular weight excluding hydrogens is 150 g/mol. The molecule has 0 fully saturated rings. The van der Waals surface area contributed by atoms with Crippen molar-refractivity contribution in [2.24, 2.45) is 0 Å². The molecule has 1 aliphatic heterocycles. The highest BCUT2D eigenvalue weighted by Gasteiger charge is 2.23. The molecule has 1 aliphatic rings. The van der Waals surface area contributed by atoms with Crippen LogP contribution >= 0.6 is 11.8 Å². The third-order valence-electron chi connectivity index (χ3n) is 1.66. The van der Waals surface area contributed by atoms with E-state index in [1.165, 1.54) is 0 Å². The van der Waals surface area contributed by atoms with Gasteiger partial charge >= 0.3 is 0 Å². The van der Waals surface area contributed by atoms with Gasteiger partial charge in [-0.2, -0.15) is 4.57 Å². The van der Waals surface area contributed by atoms with Crippen LogP contribution in [0.3, 0.4) is 0 Å². The second-order valence-electron chi connectivity index (χ2n) is 2.27. The normalized spacial score (nSPS) is 15.7. The molecule has 0 bridgehead atoms. The van der Waals surface area contributed by atoms with Crippen molar-refractivity contribution in [2.45, 2.75) is 18.6 Å². The van der Waals surface area contributed by atoms with Crippen molar-refractivity contribution in [3.8, 4) is 5.95 Å². The Morgan fingerprint density at radius 2 is 2.50 bits per heavy atom. The monoisotopic (exact) mass is 157 g/mol. The molecule has 2 heterocycles. The van der Waals surface area contributed by atoms with Gasteiger partial charge in [0.05, 0.1) is 5.75 Å². The fourth-order valence-corrected chi connectivity index (χ4v) is 2.03. The predicted molar refractivity (Wildman–Crippen MR) is 34.4 cm³/mol. The molecule has 0 spiro atoms. The van der Waals surface area contributed by atoms with Gasteiger partial charge in [-0.15, -0.1) is 0 Å². The molecule has 0 radical (unpaired) electrons. The second-order valence-corrected chi connectivity index (χ2v) is 3.23. The van der Waals surface area contributed by atoms with Crippen molar-refractivity contribution in [1.82, 2.24) is 0 Å². The van der Waals surface area contributed by atoms with Gasteiger partial charge in [0.1, 0.15) is 5.95 Å². The number of nitrogens with zero attached hydrogens (tertiary/aromatic N) is 1. The second kappa shape index (κ2) is 1.92. The molecule has 0 saturated heterocycles. The van der Waals surface area contributed by atoms with E-state index in [0.29, 0.717) is 0 Å². The van der Waals surface area contributed by atoms with E-state index < -0.39 is 0 Å². The fraction of sp³-hybridized carbons (Fsp3) is 0.500. The van der Waals surface area contributed by atoms with Crippen LogP contribution in [0.5, 0.6) is 5.95 Å². The van der Waals surface area contributed by atoms with Crippen molar-refractivity contribution < 1.29 is 14.1 Å². The quantitative estimate of drug-likeness (QED) is 0.503. The Morgan fingerprint density at radius 1 is 1.70 bits per heavy atom. The van der Waals surface area contributed by atoms with Crippen molar-refractivity contribution in [2.75, 3.05) is 0 Å². The van der Waals surface area contributed by atoms with Crippen LogP contribution in [0.15, 0.2) is 4.42 Å². The van der Waals surface area contributed by atoms with E-state index in [-0.39, 0.29) is 5.95 Å². The van der Waals surface area contributed by atoms with Crippen LogP contribution in [0, 0.1) is 6.92 Å². The lowest BCUT2D eigenvalue weighted by Crippen LogP contribution is -2.32. The van der Waals surface area contributed by atoms with Gasteiger partial charge in [0, 0.05) is 6.92 Å². The van der Waals surface area contributed by atoms with Gasteiger partial charge in [-0.1, -0.05) is 11.8 Å². The number of oxazole rings is 1. The number of rotatable bonds is 0. The molecule has 0 unspecified atom stereocenters. The number of aromatic nitrogens is 1. The summed E-state index contributed by atoms with van der Waals surface area (Å²) in [5, 5.41) is 10.9. The van der Waals surface area contributed by atoms with Gasteiger partial charge in [0.2, 0.25) is 11.6 Å². The van der Waals surface area contributed by atoms with E-state index in [0.717, 1.165) is 23.2 Å². The third kappa shape index (κ3) is 0.653. The van der Waals surface area contributed by atoms with E-state index in [1.54, 1.807) is 18.7 Å². The Kier molecular flexibility index (Phi) is 1.17. The highest BCUT2D eigenvalue weighted by atomic mass is 32.2. The van der Waals surface area contributed by atoms with E-state index in [4.69, 9.17) is 4.42 Å². The highest BCUT2D eigenvalue weighted by molar-refractivity contribution is 7.97. The average molecular weight is 157 g/mol. The van der Waals surface area contributed by atoms with Gasteiger partial charge in [-0.25, -0.2) is 0 Å². The lowest BCUT2D eigenvalue weighted by atomic mass is 10.5. The maximum absolute atomic E-state index is 10.9. The van der Waals surface area contributed by atoms with Crippen LogP contribution in [-0.2, 0) is 11.6 Å². The Balaban J connectivity index is 2.59. The van der Waals surface area contributed by atoms with Crippen LogP contribution < -0.4 is 9.67 Å². The van der Waals surface area contributed by atoms with Gasteiger partial charge < -0.3 is 9.52 Å². The largest absolute Gasteiger partial charge is 0.540 e. The van der Waals surface area contributed by atoms with E-state index >= 15 is 0 Å². The summed E-state index contributed by atoms with van der Waals surface area (Å²) in [7, 11) is 0. The summed E-state index contributed by atoms with van der Waals surface area (Å²) in [6.45, 7) is 1.79. The van der Waals surface area contributed by atoms with Crippen LogP contribution in [-0.4, -0.2) is 0 Å². The molecule has 0 aromatic carbocycles. The summed E-state index contributed by atoms with van der Waals surface area (Å²) in [5.74, 6) is 2.33. The molecule has 1 aromatic rings. The summed E-state index contributed by atoms with van der Waals surface area (Å²) in [6, 6.07) is 0. The van der Waals surface area contributed by atoms with Crippen molar-refractivity contribution >= 4 is 11.8 Å². The maximum atomic E-state index is 10.9. The number of hydrogen-bond acceptors (Lipinski definition) is 3. The molecular formula is C6H7NO2S. The van der Waals surface area contributed by atoms with Crippen LogP contribution in [0.1, 0.15) is 11.6 Å². The molecule has 0 aliphatic carbocycles. The number of hydrogen-bond donors (Lipinski definition) is 0. The van der Waals surface area contributed by atoms with Gasteiger partial charge in [0.15, 0.2) is 5.88 Å². The molecule has 0 saturated carbocycles. The molecule has 2 rings (SSSR count). The van der Waals surface area contributed by atoms with Gasteiger partial charge in [-0.3, -0.25) is 0 Å². The average Bonchev–Trinajstić information content (AvgIpc) is 2.41. The van der Waals surface area contributed by atoms with E-state index in [1.807, 2.05) is 4.57 Å². The molecule has 3 nitrogen and oxygen atoms in total. The first-order chi connectivity index (χ1) is 4.79. The van der Waals surface area contributed by atoms with Crippen LogP contribution in [0.2, 0.25) is 0 Å². The summed E-state index contributed by atoms with van der Waals surface area (Å²) >= 11 is 1.76. The van der Waals surface area contributed by atoms with Gasteiger partial charge in [-0.05, 0) is 0 Å². The molecule has 0 N–H and O–H groups in total. The number of thioether (sulfide) groups is 1. The number of fused-ring (bicyclic) bond motifs is 1. The summed E-state index contributed by atoms with van der Waals surface area (Å²) in [4.78, 5) is 0. The standard InChI is InChI=1S/C6H7NO2S/c1-4-6(8)9-5-2-10-3-7(4)5/h2-3H2,1H3. The topological polar surface area (TPSA) is 40.1 Å². The van der Waals surface area contributed by atoms with Crippen molar-refractivity contribution in [3.05, 3.63) is 11.6 Å². The fourth-order valence-electron chi connectivity index (χ4n) is 1.03. The Labute approximate surface area is 62.7 Å². The smallest absolute Gasteiger partial charge is 0.247 e.